The minimum atomic E-state index is -0.307. The van der Waals surface area contributed by atoms with Gasteiger partial charge in [-0.2, -0.15) is 0 Å². The van der Waals surface area contributed by atoms with Crippen molar-refractivity contribution in [2.24, 2.45) is 5.73 Å². The molecule has 0 bridgehead atoms. The maximum atomic E-state index is 6.09. The van der Waals surface area contributed by atoms with Crippen LogP contribution in [-0.2, 0) is 12.1 Å². The summed E-state index contributed by atoms with van der Waals surface area (Å²) in [5.74, 6) is 0. The summed E-state index contributed by atoms with van der Waals surface area (Å²) in [6.07, 6.45) is 6.11. The second-order valence-electron chi connectivity index (χ2n) is 5.20. The second kappa shape index (κ2) is 5.46. The number of nitrogens with two attached hydrogens (primary N) is 1. The Bertz CT molecular complexity index is 309. The monoisotopic (exact) mass is 224 g/mol. The highest BCUT2D eigenvalue weighted by Crippen LogP contribution is 2.16. The predicted molar refractivity (Wildman–Crippen MR) is 67.2 cm³/mol. The van der Waals surface area contributed by atoms with E-state index in [4.69, 9.17) is 5.73 Å². The Labute approximate surface area is 98.5 Å². The molecular weight excluding hydrogens is 200 g/mol. The SMILES string of the molecule is CN(C)CCCCn1cncc1C(C)(C)N. The van der Waals surface area contributed by atoms with Gasteiger partial charge in [0.15, 0.2) is 0 Å². The van der Waals surface area contributed by atoms with Gasteiger partial charge in [0.25, 0.3) is 0 Å². The first kappa shape index (κ1) is 13.2. The number of rotatable bonds is 6. The smallest absolute Gasteiger partial charge is 0.0948 e. The van der Waals surface area contributed by atoms with Gasteiger partial charge >= 0.3 is 0 Å². The Morgan fingerprint density at radius 3 is 2.62 bits per heavy atom. The average molecular weight is 224 g/mol. The summed E-state index contributed by atoms with van der Waals surface area (Å²) in [6, 6.07) is 0. The molecule has 1 rings (SSSR count). The van der Waals surface area contributed by atoms with E-state index in [2.05, 4.69) is 28.5 Å². The first-order chi connectivity index (χ1) is 7.41. The van der Waals surface area contributed by atoms with Gasteiger partial charge in [-0.05, 0) is 47.3 Å². The van der Waals surface area contributed by atoms with Crippen LogP contribution in [0.5, 0.6) is 0 Å². The molecule has 2 N–H and O–H groups in total. The highest BCUT2D eigenvalue weighted by Gasteiger charge is 2.18. The highest BCUT2D eigenvalue weighted by atomic mass is 15.1. The fourth-order valence-electron chi connectivity index (χ4n) is 1.75. The lowest BCUT2D eigenvalue weighted by atomic mass is 10.0. The molecule has 16 heavy (non-hydrogen) atoms. The van der Waals surface area contributed by atoms with E-state index in [-0.39, 0.29) is 5.54 Å². The molecule has 0 unspecified atom stereocenters. The zero-order chi connectivity index (χ0) is 12.2. The number of hydrogen-bond donors (Lipinski definition) is 1. The van der Waals surface area contributed by atoms with Crippen LogP contribution in [0.4, 0.5) is 0 Å². The number of aryl methyl sites for hydroxylation is 1. The highest BCUT2D eigenvalue weighted by molar-refractivity contribution is 5.09. The standard InChI is InChI=1S/C12H24N4/c1-12(2,13)11-9-14-10-16(11)8-6-5-7-15(3)4/h9-10H,5-8,13H2,1-4H3. The first-order valence-electron chi connectivity index (χ1n) is 5.85. The maximum Gasteiger partial charge on any atom is 0.0948 e. The topological polar surface area (TPSA) is 47.1 Å². The average Bonchev–Trinajstić information content (AvgIpc) is 2.59. The van der Waals surface area contributed by atoms with Gasteiger partial charge in [0.05, 0.1) is 17.6 Å². The second-order valence-corrected chi connectivity index (χ2v) is 5.20. The van der Waals surface area contributed by atoms with Crippen molar-refractivity contribution in [3.05, 3.63) is 18.2 Å². The lowest BCUT2D eigenvalue weighted by molar-refractivity contribution is 0.384. The van der Waals surface area contributed by atoms with Crippen LogP contribution in [0, 0.1) is 0 Å². The van der Waals surface area contributed by atoms with Crippen LogP contribution < -0.4 is 5.73 Å². The Morgan fingerprint density at radius 2 is 2.06 bits per heavy atom. The molecule has 0 radical (unpaired) electrons. The molecule has 0 aliphatic rings. The van der Waals surface area contributed by atoms with Crippen LogP contribution >= 0.6 is 0 Å². The summed E-state index contributed by atoms with van der Waals surface area (Å²) < 4.78 is 2.16. The van der Waals surface area contributed by atoms with Gasteiger partial charge in [-0.1, -0.05) is 0 Å². The minimum Gasteiger partial charge on any atom is -0.333 e. The van der Waals surface area contributed by atoms with E-state index in [1.165, 1.54) is 6.42 Å². The third-order valence-electron chi connectivity index (χ3n) is 2.63. The molecule has 0 amide bonds. The third-order valence-corrected chi connectivity index (χ3v) is 2.63. The normalized spacial score (nSPS) is 12.4. The Hall–Kier alpha value is -0.870. The van der Waals surface area contributed by atoms with Crippen molar-refractivity contribution in [1.82, 2.24) is 14.5 Å². The van der Waals surface area contributed by atoms with Crippen molar-refractivity contribution in [1.29, 1.82) is 0 Å². The fourth-order valence-corrected chi connectivity index (χ4v) is 1.75. The van der Waals surface area contributed by atoms with Crippen LogP contribution in [0.3, 0.4) is 0 Å². The fraction of sp³-hybridized carbons (Fsp3) is 0.750. The molecule has 0 spiro atoms. The Balaban J connectivity index is 2.46. The van der Waals surface area contributed by atoms with Crippen LogP contribution in [0.2, 0.25) is 0 Å². The van der Waals surface area contributed by atoms with Crippen LogP contribution in [-0.4, -0.2) is 35.1 Å². The van der Waals surface area contributed by atoms with Crippen molar-refractivity contribution < 1.29 is 0 Å². The summed E-state index contributed by atoms with van der Waals surface area (Å²) in [5.41, 5.74) is 6.89. The summed E-state index contributed by atoms with van der Waals surface area (Å²) in [7, 11) is 4.21. The van der Waals surface area contributed by atoms with E-state index >= 15 is 0 Å². The predicted octanol–water partition coefficient (Wildman–Crippen LogP) is 1.42. The zero-order valence-corrected chi connectivity index (χ0v) is 10.9. The molecule has 0 saturated heterocycles. The number of aromatic nitrogens is 2. The quantitative estimate of drug-likeness (QED) is 0.743. The van der Waals surface area contributed by atoms with E-state index in [1.807, 2.05) is 26.4 Å². The van der Waals surface area contributed by atoms with E-state index < -0.39 is 0 Å². The molecule has 0 saturated carbocycles. The molecule has 0 aliphatic carbocycles. The molecule has 1 heterocycles. The van der Waals surface area contributed by atoms with Gasteiger partial charge in [-0.15, -0.1) is 0 Å². The number of hydrogen-bond acceptors (Lipinski definition) is 3. The van der Waals surface area contributed by atoms with Crippen molar-refractivity contribution in [2.45, 2.75) is 38.8 Å². The van der Waals surface area contributed by atoms with Gasteiger partial charge < -0.3 is 15.2 Å². The van der Waals surface area contributed by atoms with Crippen molar-refractivity contribution in [3.8, 4) is 0 Å². The third kappa shape index (κ3) is 3.94. The number of nitrogens with zero attached hydrogens (tertiary/aromatic N) is 3. The van der Waals surface area contributed by atoms with Gasteiger partial charge in [0, 0.05) is 12.7 Å². The van der Waals surface area contributed by atoms with Crippen molar-refractivity contribution >= 4 is 0 Å². The summed E-state index contributed by atoms with van der Waals surface area (Å²) in [6.45, 7) is 6.17. The molecule has 4 nitrogen and oxygen atoms in total. The molecule has 0 aromatic carbocycles. The Morgan fingerprint density at radius 1 is 1.38 bits per heavy atom. The summed E-state index contributed by atoms with van der Waals surface area (Å²) in [5, 5.41) is 0. The van der Waals surface area contributed by atoms with Gasteiger partial charge in [0.2, 0.25) is 0 Å². The van der Waals surface area contributed by atoms with Crippen molar-refractivity contribution in [2.75, 3.05) is 20.6 Å². The van der Waals surface area contributed by atoms with E-state index in [0.717, 1.165) is 25.2 Å². The molecule has 92 valence electrons. The molecule has 1 aromatic heterocycles. The molecule has 0 atom stereocenters. The molecular formula is C12H24N4. The number of unbranched alkanes of at least 4 members (excludes halogenated alkanes) is 1. The lowest BCUT2D eigenvalue weighted by Gasteiger charge is -2.20. The molecule has 0 aliphatic heterocycles. The van der Waals surface area contributed by atoms with E-state index in [9.17, 15) is 0 Å². The van der Waals surface area contributed by atoms with Crippen LogP contribution in [0.25, 0.3) is 0 Å². The maximum absolute atomic E-state index is 6.09. The Kier molecular flexibility index (Phi) is 4.50. The van der Waals surface area contributed by atoms with E-state index in [0.29, 0.717) is 0 Å². The lowest BCUT2D eigenvalue weighted by Crippen LogP contribution is -2.31. The van der Waals surface area contributed by atoms with Crippen LogP contribution in [0.1, 0.15) is 32.4 Å². The van der Waals surface area contributed by atoms with Crippen LogP contribution in [0.15, 0.2) is 12.5 Å². The first-order valence-corrected chi connectivity index (χ1v) is 5.85. The largest absolute Gasteiger partial charge is 0.333 e. The summed E-state index contributed by atoms with van der Waals surface area (Å²) >= 11 is 0. The van der Waals surface area contributed by atoms with Gasteiger partial charge in [-0.3, -0.25) is 0 Å². The molecule has 0 fully saturated rings. The van der Waals surface area contributed by atoms with Crippen molar-refractivity contribution in [3.63, 3.8) is 0 Å². The van der Waals surface area contributed by atoms with Gasteiger partial charge in [-0.25, -0.2) is 4.98 Å². The molecule has 1 aromatic rings. The van der Waals surface area contributed by atoms with E-state index in [1.54, 1.807) is 0 Å². The number of imidazole rings is 1. The zero-order valence-electron chi connectivity index (χ0n) is 10.9. The molecule has 4 heteroatoms. The van der Waals surface area contributed by atoms with Gasteiger partial charge in [0.1, 0.15) is 0 Å². The minimum absolute atomic E-state index is 0.307. The summed E-state index contributed by atoms with van der Waals surface area (Å²) in [4.78, 5) is 6.38.